The molecule has 6 rings (SSSR count). The first-order chi connectivity index (χ1) is 26.9. The maximum Gasteiger partial charge on any atom is 0.414 e. The van der Waals surface area contributed by atoms with Gasteiger partial charge in [0.05, 0.1) is 24.4 Å². The van der Waals surface area contributed by atoms with Gasteiger partial charge in [0.2, 0.25) is 10.0 Å². The summed E-state index contributed by atoms with van der Waals surface area (Å²) in [6.07, 6.45) is 0.216. The fraction of sp³-hybridized carbons (Fsp3) is 0.295. The van der Waals surface area contributed by atoms with Gasteiger partial charge < -0.3 is 28.7 Å². The van der Waals surface area contributed by atoms with Gasteiger partial charge in [-0.2, -0.15) is 4.31 Å². The van der Waals surface area contributed by atoms with Crippen molar-refractivity contribution in [1.82, 2.24) is 14.5 Å². The summed E-state index contributed by atoms with van der Waals surface area (Å²) < 4.78 is 52.3. The van der Waals surface area contributed by atoms with Crippen molar-refractivity contribution in [2.45, 2.75) is 70.4 Å². The van der Waals surface area contributed by atoms with E-state index < -0.39 is 28.4 Å². The largest absolute Gasteiger partial charge is 0.496 e. The van der Waals surface area contributed by atoms with Crippen LogP contribution in [0, 0.1) is 5.41 Å². The van der Waals surface area contributed by atoms with Crippen LogP contribution in [0.2, 0.25) is 0 Å². The molecule has 0 aliphatic carbocycles. The van der Waals surface area contributed by atoms with Crippen molar-refractivity contribution in [1.29, 1.82) is 0 Å². The molecule has 0 fully saturated rings. The van der Waals surface area contributed by atoms with E-state index in [1.165, 1.54) is 36.6 Å². The van der Waals surface area contributed by atoms with Crippen molar-refractivity contribution in [3.63, 3.8) is 0 Å². The van der Waals surface area contributed by atoms with Gasteiger partial charge in [0, 0.05) is 19.6 Å². The molecular formula is C44H49N3O8S. The summed E-state index contributed by atoms with van der Waals surface area (Å²) in [5.41, 5.74) is 3.58. The molecule has 0 radical (unpaired) electrons. The molecule has 1 amide bonds. The lowest BCUT2D eigenvalue weighted by molar-refractivity contribution is 0.0799. The molecular weight excluding hydrogens is 731 g/mol. The van der Waals surface area contributed by atoms with E-state index in [4.69, 9.17) is 18.3 Å². The zero-order chi connectivity index (χ0) is 39.7. The fourth-order valence-corrected chi connectivity index (χ4v) is 8.40. The molecule has 4 aromatic carbocycles. The van der Waals surface area contributed by atoms with E-state index >= 15 is 0 Å². The first-order valence-corrected chi connectivity index (χ1v) is 20.0. The van der Waals surface area contributed by atoms with Crippen LogP contribution in [0.25, 0.3) is 11.2 Å². The molecule has 56 heavy (non-hydrogen) atoms. The Balaban J connectivity index is 1.25. The van der Waals surface area contributed by atoms with Gasteiger partial charge in [-0.1, -0.05) is 105 Å². The summed E-state index contributed by atoms with van der Waals surface area (Å²) in [4.78, 5) is 15.7. The average molecular weight is 780 g/mol. The van der Waals surface area contributed by atoms with Crippen molar-refractivity contribution < 1.29 is 36.6 Å². The SMILES string of the molecule is COc1ccc(S(=O)(=O)N(Cc2ccccc2)[C@H](NC(=O)Oc2coc3occc23)[C@@H](C)O)cc1CC(C)(C)CCN(Cc1ccccc1)Cc1ccccc1. The lowest BCUT2D eigenvalue weighted by Crippen LogP contribution is -2.56. The van der Waals surface area contributed by atoms with Gasteiger partial charge in [-0.05, 0) is 78.2 Å². The first kappa shape index (κ1) is 40.3. The lowest BCUT2D eigenvalue weighted by atomic mass is 9.82. The second-order valence-corrected chi connectivity index (χ2v) is 16.6. The molecule has 2 N–H and O–H groups in total. The number of hydrogen-bond acceptors (Lipinski definition) is 9. The third-order valence-corrected chi connectivity index (χ3v) is 11.5. The minimum Gasteiger partial charge on any atom is -0.496 e. The Hall–Kier alpha value is -5.40. The Bertz CT molecular complexity index is 2230. The summed E-state index contributed by atoms with van der Waals surface area (Å²) in [5.74, 6) is 0.818. The highest BCUT2D eigenvalue weighted by atomic mass is 32.2. The number of benzene rings is 4. The van der Waals surface area contributed by atoms with Crippen molar-refractivity contribution in [3.8, 4) is 11.5 Å². The van der Waals surface area contributed by atoms with Gasteiger partial charge in [0.15, 0.2) is 5.75 Å². The zero-order valence-corrected chi connectivity index (χ0v) is 32.9. The number of carbonyl (C=O) groups excluding carboxylic acids is 1. The highest BCUT2D eigenvalue weighted by Gasteiger charge is 2.37. The number of carbonyl (C=O) groups is 1. The molecule has 0 aliphatic rings. The van der Waals surface area contributed by atoms with Crippen LogP contribution >= 0.6 is 0 Å². The van der Waals surface area contributed by atoms with Gasteiger partial charge in [-0.3, -0.25) is 4.90 Å². The van der Waals surface area contributed by atoms with Crippen LogP contribution in [0.3, 0.4) is 0 Å². The third-order valence-electron chi connectivity index (χ3n) is 9.72. The number of aliphatic hydroxyl groups is 1. The molecule has 12 heteroatoms. The van der Waals surface area contributed by atoms with Crippen molar-refractivity contribution in [2.75, 3.05) is 13.7 Å². The van der Waals surface area contributed by atoms with Gasteiger partial charge in [-0.25, -0.2) is 13.2 Å². The number of methoxy groups -OCH3 is 1. The molecule has 0 saturated carbocycles. The number of hydrogen-bond donors (Lipinski definition) is 2. The number of nitrogens with zero attached hydrogens (tertiary/aromatic N) is 2. The number of aliphatic hydroxyl groups excluding tert-OH is 1. The highest BCUT2D eigenvalue weighted by Crippen LogP contribution is 2.34. The second-order valence-electron chi connectivity index (χ2n) is 14.7. The maximum atomic E-state index is 14.7. The quantitative estimate of drug-likeness (QED) is 0.0826. The van der Waals surface area contributed by atoms with E-state index in [9.17, 15) is 18.3 Å². The summed E-state index contributed by atoms with van der Waals surface area (Å²) in [6, 6.07) is 36.1. The van der Waals surface area contributed by atoms with Gasteiger partial charge in [0.1, 0.15) is 23.6 Å². The minimum atomic E-state index is -4.37. The molecule has 6 aromatic rings. The second kappa shape index (κ2) is 18.0. The van der Waals surface area contributed by atoms with E-state index in [0.29, 0.717) is 23.1 Å². The summed E-state index contributed by atoms with van der Waals surface area (Å²) in [7, 11) is -2.80. The van der Waals surface area contributed by atoms with Crippen LogP contribution in [0.1, 0.15) is 49.4 Å². The van der Waals surface area contributed by atoms with Crippen LogP contribution < -0.4 is 14.8 Å². The predicted octanol–water partition coefficient (Wildman–Crippen LogP) is 8.38. The maximum absolute atomic E-state index is 14.7. The first-order valence-electron chi connectivity index (χ1n) is 18.6. The molecule has 0 spiro atoms. The number of ether oxygens (including phenoxy) is 2. The monoisotopic (exact) mass is 779 g/mol. The Morgan fingerprint density at radius 1 is 0.821 bits per heavy atom. The Labute approximate surface area is 328 Å². The smallest absolute Gasteiger partial charge is 0.414 e. The highest BCUT2D eigenvalue weighted by molar-refractivity contribution is 7.89. The molecule has 0 unspecified atom stereocenters. The standard InChI is InChI=1S/C44H49N3O8S/c1-32(48)41(45-43(49)55-40-31-54-42-38(40)22-25-53-42)47(30-35-18-12-7-13-19-35)56(50,51)37-20-21-39(52-4)36(26-37)27-44(2,3)23-24-46(28-33-14-8-5-9-15-33)29-34-16-10-6-11-17-34/h5-22,25-26,31-32,41,48H,23-24,27-30H2,1-4H3,(H,45,49)/t32-,41+/m1/s1. The molecule has 0 saturated heterocycles. The van der Waals surface area contributed by atoms with E-state index in [2.05, 4.69) is 72.6 Å². The van der Waals surface area contributed by atoms with Crippen LogP contribution in [-0.2, 0) is 36.1 Å². The zero-order valence-electron chi connectivity index (χ0n) is 32.1. The Morgan fingerprint density at radius 2 is 1.41 bits per heavy atom. The number of amides is 1. The summed E-state index contributed by atoms with van der Waals surface area (Å²) in [5, 5.41) is 14.0. The summed E-state index contributed by atoms with van der Waals surface area (Å²) >= 11 is 0. The molecule has 294 valence electrons. The fourth-order valence-electron chi connectivity index (χ4n) is 6.75. The molecule has 2 aromatic heterocycles. The van der Waals surface area contributed by atoms with Crippen molar-refractivity contribution in [3.05, 3.63) is 150 Å². The van der Waals surface area contributed by atoms with Crippen molar-refractivity contribution >= 4 is 27.3 Å². The van der Waals surface area contributed by atoms with Gasteiger partial charge in [-0.15, -0.1) is 0 Å². The lowest BCUT2D eigenvalue weighted by Gasteiger charge is -2.33. The molecule has 2 heterocycles. The van der Waals surface area contributed by atoms with Gasteiger partial charge in [0.25, 0.3) is 0 Å². The van der Waals surface area contributed by atoms with Crippen molar-refractivity contribution in [2.24, 2.45) is 5.41 Å². The number of nitrogens with one attached hydrogen (secondary N) is 1. The van der Waals surface area contributed by atoms with Crippen LogP contribution in [-0.4, -0.2) is 54.7 Å². The van der Waals surface area contributed by atoms with E-state index in [1.54, 1.807) is 49.6 Å². The van der Waals surface area contributed by atoms with Gasteiger partial charge >= 0.3 is 11.9 Å². The number of fused-ring (bicyclic) bond motifs is 1. The molecule has 0 aliphatic heterocycles. The molecule has 11 nitrogen and oxygen atoms in total. The summed E-state index contributed by atoms with van der Waals surface area (Å²) in [6.45, 7) is 8.01. The molecule has 0 bridgehead atoms. The minimum absolute atomic E-state index is 0.00873. The normalized spacial score (nSPS) is 13.2. The Morgan fingerprint density at radius 3 is 1.98 bits per heavy atom. The number of furan rings is 2. The number of sulfonamides is 1. The van der Waals surface area contributed by atoms with Crippen LogP contribution in [0.5, 0.6) is 11.5 Å². The van der Waals surface area contributed by atoms with Crippen LogP contribution in [0.15, 0.2) is 142 Å². The topological polar surface area (TPSA) is 135 Å². The van der Waals surface area contributed by atoms with Crippen LogP contribution in [0.4, 0.5) is 4.79 Å². The van der Waals surface area contributed by atoms with E-state index in [1.807, 2.05) is 18.2 Å². The van der Waals surface area contributed by atoms with E-state index in [0.717, 1.165) is 35.9 Å². The number of rotatable bonds is 18. The Kier molecular flexibility index (Phi) is 13.0. The third kappa shape index (κ3) is 10.3. The average Bonchev–Trinajstić information content (AvgIpc) is 3.81. The molecule has 2 atom stereocenters. The predicted molar refractivity (Wildman–Crippen MR) is 214 cm³/mol. The van der Waals surface area contributed by atoms with E-state index in [-0.39, 0.29) is 28.4 Å².